The second-order valence-electron chi connectivity index (χ2n) is 7.41. The summed E-state index contributed by atoms with van der Waals surface area (Å²) in [6, 6.07) is 8.08. The molecule has 3 heterocycles. The molecule has 1 aliphatic rings. The van der Waals surface area contributed by atoms with Crippen LogP contribution in [0.2, 0.25) is 5.02 Å². The van der Waals surface area contributed by atoms with Crippen LogP contribution in [-0.4, -0.2) is 39.8 Å². The number of likely N-dealkylation sites (tertiary alicyclic amines) is 1. The molecule has 6 nitrogen and oxygen atoms in total. The molecule has 0 radical (unpaired) electrons. The fraction of sp³-hybridized carbons (Fsp3) is 0.273. The number of halogens is 2. The molecule has 1 fully saturated rings. The summed E-state index contributed by atoms with van der Waals surface area (Å²) >= 11 is 7.45. The lowest BCUT2D eigenvalue weighted by molar-refractivity contribution is 0.0690. The minimum Gasteiger partial charge on any atom is -0.339 e. The summed E-state index contributed by atoms with van der Waals surface area (Å²) in [4.78, 5) is 35.1. The van der Waals surface area contributed by atoms with Crippen LogP contribution in [0.3, 0.4) is 0 Å². The van der Waals surface area contributed by atoms with Gasteiger partial charge in [-0.25, -0.2) is 14.4 Å². The van der Waals surface area contributed by atoms with E-state index in [1.165, 1.54) is 35.7 Å². The topological polar surface area (TPSA) is 75.2 Å². The van der Waals surface area contributed by atoms with Crippen LogP contribution in [0, 0.1) is 11.7 Å². The second kappa shape index (κ2) is 9.53. The molecule has 9 heteroatoms. The van der Waals surface area contributed by atoms with Crippen LogP contribution in [0.4, 0.5) is 10.2 Å². The molecule has 0 aliphatic carbocycles. The normalized spacial score (nSPS) is 14.5. The number of amides is 2. The quantitative estimate of drug-likeness (QED) is 0.602. The molecule has 0 atom stereocenters. The Hall–Kier alpha value is -2.84. The molecule has 1 saturated heterocycles. The van der Waals surface area contributed by atoms with Crippen LogP contribution in [0.5, 0.6) is 0 Å². The van der Waals surface area contributed by atoms with Gasteiger partial charge in [0.15, 0.2) is 5.01 Å². The first-order chi connectivity index (χ1) is 15.0. The van der Waals surface area contributed by atoms with E-state index in [1.54, 1.807) is 16.5 Å². The molecular formula is C22H20ClFN4O2S. The smallest absolute Gasteiger partial charge is 0.285 e. The number of pyridine rings is 1. The Balaban J connectivity index is 1.38. The standard InChI is InChI=1S/C22H20ClFN4O2S/c23-18-13-26-19(27-20(29)21-25-7-10-31-21)12-17(18)22(30)28-8-5-15(6-9-28)11-14-1-3-16(24)4-2-14/h1-4,7,10,12-13,15H,5-6,8-9,11H2,(H,26,27,29). The number of benzene rings is 1. The molecule has 0 saturated carbocycles. The maximum absolute atomic E-state index is 13.1. The Bertz CT molecular complexity index is 1070. The Morgan fingerprint density at radius 1 is 1.19 bits per heavy atom. The van der Waals surface area contributed by atoms with Crippen molar-refractivity contribution >= 4 is 40.6 Å². The van der Waals surface area contributed by atoms with Crippen molar-refractivity contribution in [1.29, 1.82) is 0 Å². The van der Waals surface area contributed by atoms with Crippen LogP contribution < -0.4 is 5.32 Å². The molecule has 3 aromatic rings. The highest BCUT2D eigenvalue weighted by Gasteiger charge is 2.26. The summed E-state index contributed by atoms with van der Waals surface area (Å²) < 4.78 is 13.1. The molecule has 1 N–H and O–H groups in total. The Labute approximate surface area is 188 Å². The number of anilines is 1. The molecule has 2 aromatic heterocycles. The van der Waals surface area contributed by atoms with E-state index in [0.717, 1.165) is 24.8 Å². The molecule has 4 rings (SSSR count). The van der Waals surface area contributed by atoms with E-state index in [-0.39, 0.29) is 28.5 Å². The number of nitrogens with zero attached hydrogens (tertiary/aromatic N) is 3. The number of hydrogen-bond acceptors (Lipinski definition) is 5. The first kappa shape index (κ1) is 21.4. The lowest BCUT2D eigenvalue weighted by atomic mass is 9.90. The SMILES string of the molecule is O=C(Nc1cc(C(=O)N2CCC(Cc3ccc(F)cc3)CC2)c(Cl)cn1)c1nccs1. The number of thiazole rings is 1. The fourth-order valence-corrected chi connectivity index (χ4v) is 4.36. The highest BCUT2D eigenvalue weighted by Crippen LogP contribution is 2.26. The molecule has 1 aliphatic heterocycles. The van der Waals surface area contributed by atoms with Crippen LogP contribution in [0.1, 0.15) is 38.6 Å². The van der Waals surface area contributed by atoms with Gasteiger partial charge in [0.25, 0.3) is 11.8 Å². The van der Waals surface area contributed by atoms with Crippen molar-refractivity contribution in [3.8, 4) is 0 Å². The summed E-state index contributed by atoms with van der Waals surface area (Å²) in [5, 5.41) is 4.91. The van der Waals surface area contributed by atoms with E-state index in [2.05, 4.69) is 15.3 Å². The minimum absolute atomic E-state index is 0.183. The molecule has 0 unspecified atom stereocenters. The number of carbonyl (C=O) groups excluding carboxylic acids is 2. The van der Waals surface area contributed by atoms with Gasteiger partial charge in [0.2, 0.25) is 0 Å². The Kier molecular flexibility index (Phi) is 6.58. The average Bonchev–Trinajstić information content (AvgIpc) is 3.32. The first-order valence-corrected chi connectivity index (χ1v) is 11.2. The monoisotopic (exact) mass is 458 g/mol. The Morgan fingerprint density at radius 3 is 2.61 bits per heavy atom. The first-order valence-electron chi connectivity index (χ1n) is 9.89. The number of rotatable bonds is 5. The van der Waals surface area contributed by atoms with Crippen LogP contribution >= 0.6 is 22.9 Å². The van der Waals surface area contributed by atoms with Crippen molar-refractivity contribution in [1.82, 2.24) is 14.9 Å². The predicted molar refractivity (Wildman–Crippen MR) is 118 cm³/mol. The maximum atomic E-state index is 13.1. The highest BCUT2D eigenvalue weighted by atomic mass is 35.5. The van der Waals surface area contributed by atoms with Gasteiger partial charge < -0.3 is 10.2 Å². The molecule has 2 amide bonds. The van der Waals surface area contributed by atoms with Crippen molar-refractivity contribution in [2.75, 3.05) is 18.4 Å². The lowest BCUT2D eigenvalue weighted by Crippen LogP contribution is -2.39. The van der Waals surface area contributed by atoms with Gasteiger partial charge in [-0.05, 0) is 48.9 Å². The zero-order valence-corrected chi connectivity index (χ0v) is 18.1. The average molecular weight is 459 g/mol. The molecular weight excluding hydrogens is 439 g/mol. The Morgan fingerprint density at radius 2 is 1.94 bits per heavy atom. The largest absolute Gasteiger partial charge is 0.339 e. The maximum Gasteiger partial charge on any atom is 0.285 e. The van der Waals surface area contributed by atoms with Gasteiger partial charge >= 0.3 is 0 Å². The van der Waals surface area contributed by atoms with Crippen molar-refractivity contribution in [3.05, 3.63) is 75.1 Å². The number of aromatic nitrogens is 2. The lowest BCUT2D eigenvalue weighted by Gasteiger charge is -2.32. The van der Waals surface area contributed by atoms with Gasteiger partial charge in [-0.2, -0.15) is 0 Å². The van der Waals surface area contributed by atoms with E-state index < -0.39 is 0 Å². The molecule has 0 bridgehead atoms. The predicted octanol–water partition coefficient (Wildman–Crippen LogP) is 4.68. The van der Waals surface area contributed by atoms with E-state index >= 15 is 0 Å². The van der Waals surface area contributed by atoms with E-state index in [9.17, 15) is 14.0 Å². The van der Waals surface area contributed by atoms with E-state index in [1.807, 2.05) is 12.1 Å². The van der Waals surface area contributed by atoms with Crippen LogP contribution in [0.15, 0.2) is 48.1 Å². The second-order valence-corrected chi connectivity index (χ2v) is 8.71. The fourth-order valence-electron chi connectivity index (χ4n) is 3.64. The number of nitrogens with one attached hydrogen (secondary N) is 1. The third kappa shape index (κ3) is 5.26. The number of piperidine rings is 1. The highest BCUT2D eigenvalue weighted by molar-refractivity contribution is 7.11. The molecule has 31 heavy (non-hydrogen) atoms. The zero-order chi connectivity index (χ0) is 21.8. The third-order valence-electron chi connectivity index (χ3n) is 5.29. The van der Waals surface area contributed by atoms with Crippen molar-refractivity contribution in [3.63, 3.8) is 0 Å². The number of hydrogen-bond donors (Lipinski definition) is 1. The summed E-state index contributed by atoms with van der Waals surface area (Å²) in [5.41, 5.74) is 1.41. The van der Waals surface area contributed by atoms with Gasteiger partial charge in [0, 0.05) is 30.9 Å². The minimum atomic E-state index is -0.384. The van der Waals surface area contributed by atoms with Gasteiger partial charge in [-0.1, -0.05) is 23.7 Å². The van der Waals surface area contributed by atoms with Gasteiger partial charge in [0.05, 0.1) is 10.6 Å². The summed E-state index contributed by atoms with van der Waals surface area (Å²) in [6.07, 6.45) is 5.50. The molecule has 1 aromatic carbocycles. The zero-order valence-electron chi connectivity index (χ0n) is 16.6. The van der Waals surface area contributed by atoms with E-state index in [4.69, 9.17) is 11.6 Å². The number of carbonyl (C=O) groups is 2. The third-order valence-corrected chi connectivity index (χ3v) is 6.37. The van der Waals surface area contributed by atoms with Crippen molar-refractivity contribution in [2.24, 2.45) is 5.92 Å². The van der Waals surface area contributed by atoms with Crippen LogP contribution in [0.25, 0.3) is 0 Å². The summed E-state index contributed by atoms with van der Waals surface area (Å²) in [5.74, 6) is -0.113. The van der Waals surface area contributed by atoms with Crippen molar-refractivity contribution in [2.45, 2.75) is 19.3 Å². The molecule has 160 valence electrons. The van der Waals surface area contributed by atoms with Gasteiger partial charge in [-0.15, -0.1) is 11.3 Å². The molecule has 0 spiro atoms. The van der Waals surface area contributed by atoms with Crippen LogP contribution in [-0.2, 0) is 6.42 Å². The van der Waals surface area contributed by atoms with Crippen molar-refractivity contribution < 1.29 is 14.0 Å². The summed E-state index contributed by atoms with van der Waals surface area (Å²) in [6.45, 7) is 1.23. The van der Waals surface area contributed by atoms with Gasteiger partial charge in [-0.3, -0.25) is 9.59 Å². The summed E-state index contributed by atoms with van der Waals surface area (Å²) in [7, 11) is 0. The van der Waals surface area contributed by atoms with Gasteiger partial charge in [0.1, 0.15) is 11.6 Å². The van der Waals surface area contributed by atoms with E-state index in [0.29, 0.717) is 29.6 Å².